The molecule has 1 saturated carbocycles. The monoisotopic (exact) mass is 240 g/mol. The summed E-state index contributed by atoms with van der Waals surface area (Å²) in [6, 6.07) is 0. The number of hydrogen-bond donors (Lipinski definition) is 2. The van der Waals surface area contributed by atoms with Gasteiger partial charge in [0.2, 0.25) is 0 Å². The summed E-state index contributed by atoms with van der Waals surface area (Å²) in [6.45, 7) is 7.23. The van der Waals surface area contributed by atoms with Crippen LogP contribution in [0.1, 0.15) is 34.1 Å². The number of aliphatic hydroxyl groups is 2. The highest BCUT2D eigenvalue weighted by atomic mass is 16.6. The summed E-state index contributed by atoms with van der Waals surface area (Å²) in [4.78, 5) is 11.1. The van der Waals surface area contributed by atoms with Crippen LogP contribution >= 0.6 is 0 Å². The Morgan fingerprint density at radius 1 is 1.35 bits per heavy atom. The highest BCUT2D eigenvalue weighted by molar-refractivity contribution is 5.87. The highest BCUT2D eigenvalue weighted by Gasteiger charge is 2.78. The molecule has 0 spiro atoms. The molecule has 1 heterocycles. The molecule has 0 aromatic heterocycles. The van der Waals surface area contributed by atoms with E-state index in [-0.39, 0.29) is 11.2 Å². The molecule has 0 unspecified atom stereocenters. The zero-order valence-electron chi connectivity index (χ0n) is 10.7. The molecule has 1 saturated heterocycles. The summed E-state index contributed by atoms with van der Waals surface area (Å²) >= 11 is 0. The Bertz CT molecular complexity index is 387. The zero-order valence-corrected chi connectivity index (χ0v) is 10.7. The van der Waals surface area contributed by atoms with E-state index in [1.165, 1.54) is 13.0 Å². The number of carbonyl (C=O) groups is 1. The number of hydrogen-bond acceptors (Lipinski definition) is 4. The van der Waals surface area contributed by atoms with Gasteiger partial charge in [0.15, 0.2) is 5.78 Å². The van der Waals surface area contributed by atoms with E-state index in [1.54, 1.807) is 13.0 Å². The number of epoxide rings is 1. The van der Waals surface area contributed by atoms with Crippen LogP contribution < -0.4 is 0 Å². The van der Waals surface area contributed by atoms with Gasteiger partial charge in [0, 0.05) is 5.41 Å². The number of carbonyl (C=O) groups excluding carboxylic acids is 1. The molecule has 0 radical (unpaired) electrons. The van der Waals surface area contributed by atoms with Crippen molar-refractivity contribution in [2.75, 3.05) is 0 Å². The van der Waals surface area contributed by atoms with Gasteiger partial charge in [-0.1, -0.05) is 13.8 Å². The molecule has 0 aromatic carbocycles. The molecule has 4 nitrogen and oxygen atoms in total. The van der Waals surface area contributed by atoms with E-state index >= 15 is 0 Å². The van der Waals surface area contributed by atoms with Crippen molar-refractivity contribution >= 4 is 5.78 Å². The van der Waals surface area contributed by atoms with Crippen molar-refractivity contribution in [1.29, 1.82) is 0 Å². The van der Waals surface area contributed by atoms with E-state index in [9.17, 15) is 15.0 Å². The van der Waals surface area contributed by atoms with Gasteiger partial charge < -0.3 is 14.9 Å². The summed E-state index contributed by atoms with van der Waals surface area (Å²) in [6.07, 6.45) is 1.98. The zero-order chi connectivity index (χ0) is 13.1. The maximum absolute atomic E-state index is 11.1. The first-order chi connectivity index (χ1) is 7.66. The highest BCUT2D eigenvalue weighted by Crippen LogP contribution is 2.65. The van der Waals surface area contributed by atoms with Crippen molar-refractivity contribution < 1.29 is 19.7 Å². The second kappa shape index (κ2) is 3.40. The largest absolute Gasteiger partial charge is 0.390 e. The molecule has 2 N–H and O–H groups in total. The maximum Gasteiger partial charge on any atom is 0.152 e. The van der Waals surface area contributed by atoms with Gasteiger partial charge in [0.25, 0.3) is 0 Å². The lowest BCUT2D eigenvalue weighted by atomic mass is 9.62. The Kier molecular flexibility index (Phi) is 2.55. The molecule has 0 bridgehead atoms. The lowest BCUT2D eigenvalue weighted by Gasteiger charge is -2.41. The number of allylic oxidation sites excluding steroid dienone is 1. The lowest BCUT2D eigenvalue weighted by molar-refractivity contribution is -0.112. The average molecular weight is 240 g/mol. The topological polar surface area (TPSA) is 70.1 Å². The van der Waals surface area contributed by atoms with Gasteiger partial charge in [-0.2, -0.15) is 0 Å². The number of rotatable bonds is 2. The SMILES string of the molecule is CC(=O)/C=C/[C@]12O[C@@]1(C)[C@@H](O)[C@@H](O)CC2(C)C. The standard InChI is InChI=1S/C13H20O4/c1-8(14)5-6-13-11(2,3)7-9(15)10(16)12(13,4)17-13/h5-6,9-10,15-16H,7H2,1-4H3/b6-5+/t9-,10-,12-,13+/m0/s1. The van der Waals surface area contributed by atoms with Gasteiger partial charge in [0.05, 0.1) is 6.10 Å². The number of aliphatic hydroxyl groups excluding tert-OH is 2. The van der Waals surface area contributed by atoms with Crippen molar-refractivity contribution in [3.63, 3.8) is 0 Å². The van der Waals surface area contributed by atoms with Crippen LogP contribution in [0.25, 0.3) is 0 Å². The molecule has 96 valence electrons. The van der Waals surface area contributed by atoms with Crippen molar-refractivity contribution in [3.8, 4) is 0 Å². The fourth-order valence-electron chi connectivity index (χ4n) is 3.21. The van der Waals surface area contributed by atoms with E-state index in [4.69, 9.17) is 4.74 Å². The summed E-state index contributed by atoms with van der Waals surface area (Å²) < 4.78 is 5.75. The van der Waals surface area contributed by atoms with E-state index in [0.29, 0.717) is 6.42 Å². The molecular formula is C13H20O4. The maximum atomic E-state index is 11.1. The Labute approximate surface area is 101 Å². The van der Waals surface area contributed by atoms with Crippen LogP contribution in [0.4, 0.5) is 0 Å². The first-order valence-corrected chi connectivity index (χ1v) is 5.92. The Balaban J connectivity index is 2.38. The normalized spacial score (nSPS) is 47.9. The van der Waals surface area contributed by atoms with Gasteiger partial charge in [-0.05, 0) is 32.4 Å². The molecule has 1 aliphatic carbocycles. The van der Waals surface area contributed by atoms with Crippen LogP contribution in [-0.2, 0) is 9.53 Å². The summed E-state index contributed by atoms with van der Waals surface area (Å²) in [5, 5.41) is 19.9. The first kappa shape index (κ1) is 12.7. The molecule has 2 fully saturated rings. The quantitative estimate of drug-likeness (QED) is 0.553. The summed E-state index contributed by atoms with van der Waals surface area (Å²) in [5.74, 6) is -0.0476. The van der Waals surface area contributed by atoms with Crippen LogP contribution in [0.2, 0.25) is 0 Å². The smallest absolute Gasteiger partial charge is 0.152 e. The van der Waals surface area contributed by atoms with Gasteiger partial charge in [-0.25, -0.2) is 0 Å². The first-order valence-electron chi connectivity index (χ1n) is 5.92. The van der Waals surface area contributed by atoms with Gasteiger partial charge in [-0.3, -0.25) is 4.79 Å². The Hall–Kier alpha value is -0.710. The van der Waals surface area contributed by atoms with Crippen LogP contribution in [0.3, 0.4) is 0 Å². The molecule has 17 heavy (non-hydrogen) atoms. The average Bonchev–Trinajstić information content (AvgIpc) is 2.82. The molecule has 2 aliphatic rings. The minimum atomic E-state index is -0.910. The molecule has 0 amide bonds. The number of ether oxygens (including phenoxy) is 1. The van der Waals surface area contributed by atoms with Crippen LogP contribution in [0, 0.1) is 5.41 Å². The fourth-order valence-corrected chi connectivity index (χ4v) is 3.21. The molecule has 2 rings (SSSR count). The van der Waals surface area contributed by atoms with Crippen LogP contribution in [-0.4, -0.2) is 39.4 Å². The Morgan fingerprint density at radius 2 is 1.94 bits per heavy atom. The Morgan fingerprint density at radius 3 is 2.47 bits per heavy atom. The predicted molar refractivity (Wildman–Crippen MR) is 62.5 cm³/mol. The third-order valence-corrected chi connectivity index (χ3v) is 4.28. The van der Waals surface area contributed by atoms with Gasteiger partial charge >= 0.3 is 0 Å². The molecule has 4 atom stereocenters. The number of ketones is 1. The van der Waals surface area contributed by atoms with E-state index < -0.39 is 23.4 Å². The predicted octanol–water partition coefficient (Wildman–Crippen LogP) is 0.811. The van der Waals surface area contributed by atoms with Gasteiger partial charge in [0.1, 0.15) is 17.3 Å². The minimum Gasteiger partial charge on any atom is -0.390 e. The number of fused-ring (bicyclic) bond motifs is 1. The van der Waals surface area contributed by atoms with Crippen LogP contribution in [0.15, 0.2) is 12.2 Å². The second-order valence-corrected chi connectivity index (χ2v) is 5.99. The van der Waals surface area contributed by atoms with E-state index in [0.717, 1.165) is 0 Å². The summed E-state index contributed by atoms with van der Waals surface area (Å²) in [5.41, 5.74) is -1.75. The van der Waals surface area contributed by atoms with Gasteiger partial charge in [-0.15, -0.1) is 0 Å². The molecule has 0 aromatic rings. The van der Waals surface area contributed by atoms with Crippen molar-refractivity contribution in [2.24, 2.45) is 5.41 Å². The second-order valence-electron chi connectivity index (χ2n) is 5.99. The third-order valence-electron chi connectivity index (χ3n) is 4.28. The van der Waals surface area contributed by atoms with E-state index in [2.05, 4.69) is 0 Å². The van der Waals surface area contributed by atoms with Crippen molar-refractivity contribution in [2.45, 2.75) is 57.5 Å². The summed E-state index contributed by atoms with van der Waals surface area (Å²) in [7, 11) is 0. The van der Waals surface area contributed by atoms with Crippen molar-refractivity contribution in [3.05, 3.63) is 12.2 Å². The molecular weight excluding hydrogens is 220 g/mol. The third kappa shape index (κ3) is 1.51. The fraction of sp³-hybridized carbons (Fsp3) is 0.769. The van der Waals surface area contributed by atoms with Crippen molar-refractivity contribution in [1.82, 2.24) is 0 Å². The van der Waals surface area contributed by atoms with Crippen LogP contribution in [0.5, 0.6) is 0 Å². The molecule has 1 aliphatic heterocycles. The van der Waals surface area contributed by atoms with E-state index in [1.807, 2.05) is 13.8 Å². The lowest BCUT2D eigenvalue weighted by Crippen LogP contribution is -2.55. The minimum absolute atomic E-state index is 0.0476. The molecule has 4 heteroatoms.